The normalized spacial score (nSPS) is 14.3. The number of nitrogens with two attached hydrogens (primary N) is 1. The summed E-state index contributed by atoms with van der Waals surface area (Å²) in [6.07, 6.45) is 6.33. The van der Waals surface area contributed by atoms with Crippen LogP contribution in [-0.2, 0) is 19.9 Å². The van der Waals surface area contributed by atoms with E-state index < -0.39 is 0 Å². The molecule has 1 aliphatic carbocycles. The molecule has 1 heterocycles. The summed E-state index contributed by atoms with van der Waals surface area (Å²) in [6.45, 7) is 4.10. The van der Waals surface area contributed by atoms with Crippen LogP contribution in [0.3, 0.4) is 0 Å². The lowest BCUT2D eigenvalue weighted by Crippen LogP contribution is -2.09. The molecule has 0 saturated heterocycles. The average molecular weight is 271 g/mol. The number of aryl methyl sites for hydroxylation is 1. The maximum absolute atomic E-state index is 10.6. The highest BCUT2D eigenvalue weighted by molar-refractivity contribution is 5.83. The van der Waals surface area contributed by atoms with Gasteiger partial charge in [-0.25, -0.2) is 0 Å². The second-order valence-electron chi connectivity index (χ2n) is 5.70. The minimum absolute atomic E-state index is 0.364. The topological polar surface area (TPSA) is 64.1 Å². The van der Waals surface area contributed by atoms with Gasteiger partial charge in [0.05, 0.1) is 6.20 Å². The molecule has 0 bridgehead atoms. The molecular weight excluding hydrogens is 250 g/mol. The molecule has 0 aliphatic heterocycles. The van der Waals surface area contributed by atoms with Crippen LogP contribution in [0.1, 0.15) is 35.1 Å². The van der Waals surface area contributed by atoms with Crippen LogP contribution in [0.25, 0.3) is 11.1 Å². The molecule has 0 atom stereocenters. The predicted molar refractivity (Wildman–Crippen MR) is 80.8 cm³/mol. The standard InChI is InChI=1S/C16H21N3O/c1-9-11-6-4-5-7-12(11)10(2)15(20)14(9)13-8-18-19(3)16(13)17/h8,20H,4-7,17H2,1-3H3. The monoisotopic (exact) mass is 271 g/mol. The number of phenolic OH excluding ortho intramolecular Hbond substituents is 1. The molecule has 1 aromatic carbocycles. The smallest absolute Gasteiger partial charge is 0.129 e. The lowest BCUT2D eigenvalue weighted by molar-refractivity contribution is 0.470. The van der Waals surface area contributed by atoms with E-state index >= 15 is 0 Å². The number of anilines is 1. The number of aromatic nitrogens is 2. The van der Waals surface area contributed by atoms with E-state index in [1.807, 2.05) is 14.0 Å². The zero-order valence-electron chi connectivity index (χ0n) is 12.3. The van der Waals surface area contributed by atoms with Crippen molar-refractivity contribution in [2.45, 2.75) is 39.5 Å². The van der Waals surface area contributed by atoms with E-state index in [2.05, 4.69) is 12.0 Å². The van der Waals surface area contributed by atoms with E-state index in [1.54, 1.807) is 10.9 Å². The van der Waals surface area contributed by atoms with Gasteiger partial charge in [-0.1, -0.05) is 0 Å². The fraction of sp³-hybridized carbons (Fsp3) is 0.438. The van der Waals surface area contributed by atoms with Crippen molar-refractivity contribution in [2.24, 2.45) is 7.05 Å². The van der Waals surface area contributed by atoms with Crippen molar-refractivity contribution in [3.8, 4) is 16.9 Å². The number of fused-ring (bicyclic) bond motifs is 1. The summed E-state index contributed by atoms with van der Waals surface area (Å²) in [6, 6.07) is 0. The highest BCUT2D eigenvalue weighted by Crippen LogP contribution is 2.43. The third kappa shape index (κ3) is 1.71. The van der Waals surface area contributed by atoms with E-state index in [1.165, 1.54) is 24.0 Å². The van der Waals surface area contributed by atoms with Crippen LogP contribution in [-0.4, -0.2) is 14.9 Å². The summed E-state index contributed by atoms with van der Waals surface area (Å²) in [5.41, 5.74) is 12.7. The predicted octanol–water partition coefficient (Wildman–Crippen LogP) is 2.87. The Morgan fingerprint density at radius 3 is 2.30 bits per heavy atom. The van der Waals surface area contributed by atoms with Crippen molar-refractivity contribution in [1.82, 2.24) is 9.78 Å². The molecule has 0 fully saturated rings. The Labute approximate surface area is 119 Å². The van der Waals surface area contributed by atoms with Gasteiger partial charge in [-0.2, -0.15) is 5.10 Å². The zero-order chi connectivity index (χ0) is 14.4. The lowest BCUT2D eigenvalue weighted by atomic mass is 9.82. The number of phenols is 1. The van der Waals surface area contributed by atoms with E-state index in [0.29, 0.717) is 11.6 Å². The number of hydrogen-bond acceptors (Lipinski definition) is 3. The van der Waals surface area contributed by atoms with Gasteiger partial charge in [0.2, 0.25) is 0 Å². The van der Waals surface area contributed by atoms with Crippen LogP contribution in [0.15, 0.2) is 6.20 Å². The molecule has 0 saturated carbocycles. The Morgan fingerprint density at radius 1 is 1.15 bits per heavy atom. The first-order chi connectivity index (χ1) is 9.52. The molecule has 0 unspecified atom stereocenters. The first kappa shape index (κ1) is 13.0. The van der Waals surface area contributed by atoms with Gasteiger partial charge in [-0.3, -0.25) is 4.68 Å². The number of rotatable bonds is 1. The first-order valence-electron chi connectivity index (χ1n) is 7.14. The third-order valence-corrected chi connectivity index (χ3v) is 4.59. The SMILES string of the molecule is Cc1c(O)c(-c2cnn(C)c2N)c(C)c2c1CCCC2. The Bertz CT molecular complexity index is 686. The average Bonchev–Trinajstić information content (AvgIpc) is 2.78. The van der Waals surface area contributed by atoms with Gasteiger partial charge in [0.15, 0.2) is 0 Å². The van der Waals surface area contributed by atoms with Gasteiger partial charge in [0, 0.05) is 18.2 Å². The van der Waals surface area contributed by atoms with Gasteiger partial charge in [0.25, 0.3) is 0 Å². The Balaban J connectivity index is 2.31. The number of nitrogens with zero attached hydrogens (tertiary/aromatic N) is 2. The molecule has 0 spiro atoms. The quantitative estimate of drug-likeness (QED) is 0.838. The number of aromatic hydroxyl groups is 1. The maximum atomic E-state index is 10.6. The van der Waals surface area contributed by atoms with Gasteiger partial charge in [-0.15, -0.1) is 0 Å². The number of nitrogen functional groups attached to an aromatic ring is 1. The van der Waals surface area contributed by atoms with Crippen LogP contribution in [0.4, 0.5) is 5.82 Å². The molecule has 4 heteroatoms. The second-order valence-corrected chi connectivity index (χ2v) is 5.70. The zero-order valence-corrected chi connectivity index (χ0v) is 12.3. The highest BCUT2D eigenvalue weighted by atomic mass is 16.3. The highest BCUT2D eigenvalue weighted by Gasteiger charge is 2.23. The van der Waals surface area contributed by atoms with Crippen molar-refractivity contribution in [2.75, 3.05) is 5.73 Å². The van der Waals surface area contributed by atoms with Crippen LogP contribution < -0.4 is 5.73 Å². The van der Waals surface area contributed by atoms with Crippen molar-refractivity contribution in [1.29, 1.82) is 0 Å². The van der Waals surface area contributed by atoms with Crippen LogP contribution >= 0.6 is 0 Å². The van der Waals surface area contributed by atoms with Gasteiger partial charge >= 0.3 is 0 Å². The summed E-state index contributed by atoms with van der Waals surface area (Å²) >= 11 is 0. The summed E-state index contributed by atoms with van der Waals surface area (Å²) in [4.78, 5) is 0. The fourth-order valence-electron chi connectivity index (χ4n) is 3.36. The molecule has 20 heavy (non-hydrogen) atoms. The fourth-order valence-corrected chi connectivity index (χ4v) is 3.36. The Hall–Kier alpha value is -1.97. The van der Waals surface area contributed by atoms with E-state index in [0.717, 1.165) is 35.1 Å². The molecule has 1 aliphatic rings. The van der Waals surface area contributed by atoms with Crippen LogP contribution in [0.2, 0.25) is 0 Å². The molecule has 106 valence electrons. The summed E-state index contributed by atoms with van der Waals surface area (Å²) in [5, 5.41) is 14.8. The third-order valence-electron chi connectivity index (χ3n) is 4.59. The van der Waals surface area contributed by atoms with E-state index in [4.69, 9.17) is 5.73 Å². The van der Waals surface area contributed by atoms with Gasteiger partial charge in [-0.05, 0) is 61.8 Å². The van der Waals surface area contributed by atoms with Crippen LogP contribution in [0.5, 0.6) is 5.75 Å². The molecule has 3 N–H and O–H groups in total. The second kappa shape index (κ2) is 4.54. The number of hydrogen-bond donors (Lipinski definition) is 2. The number of benzene rings is 1. The molecule has 4 nitrogen and oxygen atoms in total. The van der Waals surface area contributed by atoms with Gasteiger partial charge in [0.1, 0.15) is 11.6 Å². The largest absolute Gasteiger partial charge is 0.507 e. The Kier molecular flexibility index (Phi) is 2.96. The lowest BCUT2D eigenvalue weighted by Gasteiger charge is -2.24. The molecule has 0 amide bonds. The maximum Gasteiger partial charge on any atom is 0.129 e. The molecular formula is C16H21N3O. The van der Waals surface area contributed by atoms with Crippen molar-refractivity contribution < 1.29 is 5.11 Å². The molecule has 3 rings (SSSR count). The van der Waals surface area contributed by atoms with Crippen molar-refractivity contribution >= 4 is 5.82 Å². The summed E-state index contributed by atoms with van der Waals surface area (Å²) in [5.74, 6) is 0.960. The molecule has 1 aromatic heterocycles. The van der Waals surface area contributed by atoms with E-state index in [-0.39, 0.29) is 0 Å². The van der Waals surface area contributed by atoms with Crippen molar-refractivity contribution in [3.05, 3.63) is 28.5 Å². The van der Waals surface area contributed by atoms with Gasteiger partial charge < -0.3 is 10.8 Å². The summed E-state index contributed by atoms with van der Waals surface area (Å²) < 4.78 is 1.64. The first-order valence-corrected chi connectivity index (χ1v) is 7.14. The molecule has 2 aromatic rings. The molecule has 0 radical (unpaired) electrons. The minimum atomic E-state index is 0.364. The minimum Gasteiger partial charge on any atom is -0.507 e. The van der Waals surface area contributed by atoms with E-state index in [9.17, 15) is 5.11 Å². The summed E-state index contributed by atoms with van der Waals surface area (Å²) in [7, 11) is 1.82. The van der Waals surface area contributed by atoms with Crippen molar-refractivity contribution in [3.63, 3.8) is 0 Å². The van der Waals surface area contributed by atoms with Crippen LogP contribution in [0, 0.1) is 13.8 Å². The Morgan fingerprint density at radius 2 is 1.75 bits per heavy atom.